The smallest absolute Gasteiger partial charge is 0.324 e. The first-order valence-electron chi connectivity index (χ1n) is 19.0. The summed E-state index contributed by atoms with van der Waals surface area (Å²) in [5.41, 5.74) is 0. The van der Waals surface area contributed by atoms with Crippen LogP contribution >= 0.6 is 15.4 Å². The van der Waals surface area contributed by atoms with Crippen LogP contribution in [0.4, 0.5) is 0 Å². The predicted octanol–water partition coefficient (Wildman–Crippen LogP) is 12.1. The van der Waals surface area contributed by atoms with Gasteiger partial charge in [0.1, 0.15) is 0 Å². The maximum Gasteiger partial charge on any atom is 0.469 e. The third-order valence-corrected chi connectivity index (χ3v) is 10.3. The van der Waals surface area contributed by atoms with Crippen LogP contribution < -0.4 is 0 Å². The normalized spacial score (nSPS) is 12.4. The van der Waals surface area contributed by atoms with E-state index in [4.69, 9.17) is 19.6 Å². The highest BCUT2D eigenvalue weighted by molar-refractivity contribution is 7.51. The minimum Gasteiger partial charge on any atom is -0.324 e. The lowest BCUT2D eigenvalue weighted by Gasteiger charge is -2.05. The molecule has 0 aromatic heterocycles. The summed E-state index contributed by atoms with van der Waals surface area (Å²) in [6.07, 6.45) is 42.7. The lowest BCUT2D eigenvalue weighted by atomic mass is 10.0. The number of rotatable bonds is 37. The van der Waals surface area contributed by atoms with Gasteiger partial charge in [-0.25, -0.2) is 4.57 Å². The Labute approximate surface area is 272 Å². The highest BCUT2D eigenvalue weighted by Gasteiger charge is 2.12. The van der Waals surface area contributed by atoms with Crippen LogP contribution in [0.25, 0.3) is 0 Å². The Morgan fingerprint density at radius 3 is 0.659 bits per heavy atom. The van der Waals surface area contributed by atoms with Gasteiger partial charge < -0.3 is 19.6 Å². The molecule has 0 atom stereocenters. The minimum atomic E-state index is -4.28. The number of hydrogen-bond donors (Lipinski definition) is 4. The van der Waals surface area contributed by atoms with Crippen LogP contribution in [0.1, 0.15) is 212 Å². The van der Waals surface area contributed by atoms with E-state index >= 15 is 0 Å². The van der Waals surface area contributed by atoms with Gasteiger partial charge in [-0.3, -0.25) is 9.09 Å². The maximum atomic E-state index is 10.8. The zero-order chi connectivity index (χ0) is 32.5. The van der Waals surface area contributed by atoms with Crippen molar-refractivity contribution >= 4 is 15.4 Å². The first kappa shape index (κ1) is 44.3. The van der Waals surface area contributed by atoms with Crippen LogP contribution in [0.15, 0.2) is 0 Å². The number of phosphoric acid groups is 1. The summed E-state index contributed by atoms with van der Waals surface area (Å²) in [6.45, 7) is 0.161. The van der Waals surface area contributed by atoms with Crippen molar-refractivity contribution < 1.29 is 33.2 Å². The van der Waals surface area contributed by atoms with E-state index in [0.717, 1.165) is 32.1 Å². The van der Waals surface area contributed by atoms with Gasteiger partial charge in [-0.15, -0.1) is 0 Å². The number of phosphoric ester groups is 1. The van der Waals surface area contributed by atoms with Crippen molar-refractivity contribution in [2.75, 3.05) is 12.8 Å². The molecule has 266 valence electrons. The Morgan fingerprint density at radius 1 is 0.295 bits per heavy atom. The summed E-state index contributed by atoms with van der Waals surface area (Å²) in [7, 11) is -8.06. The standard InChI is InChI=1S/C35H74O7P2/c36-43(37,38)35-33-31-29-27-25-23-21-19-17-15-13-11-9-7-5-3-1-2-4-6-8-10-12-14-16-18-20-22-24-26-28-30-32-34-42-44(39,40)41/h1-35H2,(H2,36,37,38)(H2,39,40,41). The molecule has 44 heavy (non-hydrogen) atoms. The number of unbranched alkanes of at least 4 members (excludes halogenated alkanes) is 32. The van der Waals surface area contributed by atoms with Gasteiger partial charge in [-0.1, -0.05) is 199 Å². The average Bonchev–Trinajstić information content (AvgIpc) is 2.96. The van der Waals surface area contributed by atoms with Crippen LogP contribution in [0.3, 0.4) is 0 Å². The van der Waals surface area contributed by atoms with Crippen molar-refractivity contribution in [3.8, 4) is 0 Å². The SMILES string of the molecule is O=P(O)(O)CCCCCCCCCCCCCCCCCCCCCCCCCCCCCCCCCCCOP(=O)(O)O. The molecule has 0 saturated heterocycles. The molecule has 0 aliphatic heterocycles. The van der Waals surface area contributed by atoms with E-state index in [0.29, 0.717) is 6.42 Å². The van der Waals surface area contributed by atoms with Crippen molar-refractivity contribution in [1.29, 1.82) is 0 Å². The molecule has 0 aromatic carbocycles. The second-order valence-electron chi connectivity index (χ2n) is 13.4. The van der Waals surface area contributed by atoms with Gasteiger partial charge in [0, 0.05) is 6.16 Å². The van der Waals surface area contributed by atoms with Gasteiger partial charge in [0.2, 0.25) is 0 Å². The molecule has 0 heterocycles. The highest BCUT2D eigenvalue weighted by atomic mass is 31.2. The summed E-state index contributed by atoms with van der Waals surface area (Å²) < 4.78 is 25.8. The molecule has 0 saturated carbocycles. The molecule has 0 aromatic rings. The van der Waals surface area contributed by atoms with Crippen molar-refractivity contribution in [2.45, 2.75) is 212 Å². The molecule has 0 spiro atoms. The van der Waals surface area contributed by atoms with Crippen molar-refractivity contribution in [1.82, 2.24) is 0 Å². The van der Waals surface area contributed by atoms with Crippen molar-refractivity contribution in [2.24, 2.45) is 0 Å². The van der Waals surface area contributed by atoms with E-state index in [1.165, 1.54) is 173 Å². The Bertz CT molecular complexity index is 609. The van der Waals surface area contributed by atoms with Gasteiger partial charge in [-0.05, 0) is 12.8 Å². The summed E-state index contributed by atoms with van der Waals surface area (Å²) >= 11 is 0. The van der Waals surface area contributed by atoms with E-state index in [-0.39, 0.29) is 12.8 Å². The van der Waals surface area contributed by atoms with E-state index in [2.05, 4.69) is 4.52 Å². The van der Waals surface area contributed by atoms with Gasteiger partial charge in [0.15, 0.2) is 0 Å². The summed E-state index contributed by atoms with van der Waals surface area (Å²) in [4.78, 5) is 35.0. The van der Waals surface area contributed by atoms with Gasteiger partial charge in [0.05, 0.1) is 6.61 Å². The molecule has 0 amide bonds. The van der Waals surface area contributed by atoms with Crippen LogP contribution in [0.5, 0.6) is 0 Å². The Morgan fingerprint density at radius 2 is 0.477 bits per heavy atom. The van der Waals surface area contributed by atoms with E-state index in [1.807, 2.05) is 0 Å². The first-order valence-corrected chi connectivity index (χ1v) is 22.3. The quantitative estimate of drug-likeness (QED) is 0.0383. The zero-order valence-corrected chi connectivity index (χ0v) is 30.4. The molecule has 0 rings (SSSR count). The predicted molar refractivity (Wildman–Crippen MR) is 187 cm³/mol. The largest absolute Gasteiger partial charge is 0.469 e. The Kier molecular flexibility index (Phi) is 33.4. The molecule has 0 aliphatic carbocycles. The fourth-order valence-electron chi connectivity index (χ4n) is 6.08. The molecular formula is C35H74O7P2. The molecule has 4 N–H and O–H groups in total. The topological polar surface area (TPSA) is 124 Å². The van der Waals surface area contributed by atoms with Crippen molar-refractivity contribution in [3.05, 3.63) is 0 Å². The zero-order valence-electron chi connectivity index (χ0n) is 28.7. The molecule has 0 bridgehead atoms. The van der Waals surface area contributed by atoms with Gasteiger partial charge in [0.25, 0.3) is 0 Å². The second kappa shape index (κ2) is 33.2. The lowest BCUT2D eigenvalue weighted by molar-refractivity contribution is 0.193. The molecule has 7 nitrogen and oxygen atoms in total. The van der Waals surface area contributed by atoms with Crippen molar-refractivity contribution in [3.63, 3.8) is 0 Å². The molecule has 0 unspecified atom stereocenters. The summed E-state index contributed by atoms with van der Waals surface area (Å²) in [5, 5.41) is 0. The monoisotopic (exact) mass is 668 g/mol. The molecule has 0 radical (unpaired) electrons. The van der Waals surface area contributed by atoms with Crippen LogP contribution in [0, 0.1) is 0 Å². The Balaban J connectivity index is 3.08. The third kappa shape index (κ3) is 42.3. The summed E-state index contributed by atoms with van der Waals surface area (Å²) in [5.74, 6) is 0. The van der Waals surface area contributed by atoms with Crippen LogP contribution in [0.2, 0.25) is 0 Å². The van der Waals surface area contributed by atoms with Crippen LogP contribution in [-0.4, -0.2) is 32.3 Å². The van der Waals surface area contributed by atoms with Gasteiger partial charge in [-0.2, -0.15) is 0 Å². The third-order valence-electron chi connectivity index (χ3n) is 8.85. The fraction of sp³-hybridized carbons (Fsp3) is 1.00. The molecule has 0 aliphatic rings. The molecular weight excluding hydrogens is 594 g/mol. The van der Waals surface area contributed by atoms with E-state index in [1.54, 1.807) is 0 Å². The first-order chi connectivity index (χ1) is 21.2. The van der Waals surface area contributed by atoms with Crippen LogP contribution in [-0.2, 0) is 13.7 Å². The molecule has 9 heteroatoms. The molecule has 0 fully saturated rings. The second-order valence-corrected chi connectivity index (χ2v) is 16.4. The lowest BCUT2D eigenvalue weighted by Crippen LogP contribution is -1.92. The summed E-state index contributed by atoms with van der Waals surface area (Å²) in [6, 6.07) is 0. The average molecular weight is 669 g/mol. The minimum absolute atomic E-state index is 0.0514. The fourth-order valence-corrected chi connectivity index (χ4v) is 7.09. The number of hydrogen-bond acceptors (Lipinski definition) is 3. The van der Waals surface area contributed by atoms with Gasteiger partial charge >= 0.3 is 15.4 Å². The maximum absolute atomic E-state index is 10.8. The van der Waals surface area contributed by atoms with E-state index in [9.17, 15) is 9.13 Å². The van der Waals surface area contributed by atoms with E-state index < -0.39 is 15.4 Å². The Hall–Kier alpha value is 0.260. The highest BCUT2D eigenvalue weighted by Crippen LogP contribution is 2.36.